The van der Waals surface area contributed by atoms with Crippen LogP contribution in [-0.4, -0.2) is 45.8 Å². The number of aliphatic hydroxyl groups excluding tert-OH is 1. The average molecular weight is 263 g/mol. The van der Waals surface area contributed by atoms with Gasteiger partial charge in [-0.1, -0.05) is 0 Å². The van der Waals surface area contributed by atoms with Crippen LogP contribution in [0.4, 0.5) is 0 Å². The third-order valence-electron chi connectivity index (χ3n) is 3.69. The Bertz CT molecular complexity index is 619. The third-order valence-corrected chi connectivity index (χ3v) is 3.69. The first kappa shape index (κ1) is 12.4. The van der Waals surface area contributed by atoms with Crippen molar-refractivity contribution in [3.8, 4) is 0 Å². The summed E-state index contributed by atoms with van der Waals surface area (Å²) in [6.45, 7) is 3.47. The van der Waals surface area contributed by atoms with E-state index < -0.39 is 0 Å². The molecular formula is C13H17N3O3. The van der Waals surface area contributed by atoms with Crippen molar-refractivity contribution >= 4 is 11.2 Å². The molecule has 0 aliphatic carbocycles. The first-order chi connectivity index (χ1) is 9.28. The molecule has 1 fully saturated rings. The maximum atomic E-state index is 11.8. The Morgan fingerprint density at radius 2 is 2.37 bits per heavy atom. The summed E-state index contributed by atoms with van der Waals surface area (Å²) in [5, 5.41) is 9.11. The number of oxazole rings is 1. The second-order valence-electron chi connectivity index (χ2n) is 4.98. The lowest BCUT2D eigenvalue weighted by Gasteiger charge is -2.15. The molecule has 2 aromatic heterocycles. The number of aliphatic hydroxyl groups is 1. The topological polar surface area (TPSA) is 71.5 Å². The molecule has 1 saturated heterocycles. The van der Waals surface area contributed by atoms with Gasteiger partial charge >= 0.3 is 5.76 Å². The van der Waals surface area contributed by atoms with E-state index in [4.69, 9.17) is 9.52 Å². The summed E-state index contributed by atoms with van der Waals surface area (Å²) in [4.78, 5) is 18.2. The van der Waals surface area contributed by atoms with Crippen molar-refractivity contribution in [2.45, 2.75) is 13.0 Å². The van der Waals surface area contributed by atoms with Crippen molar-refractivity contribution in [2.75, 3.05) is 26.2 Å². The maximum absolute atomic E-state index is 11.8. The highest BCUT2D eigenvalue weighted by Gasteiger charge is 2.21. The van der Waals surface area contributed by atoms with Gasteiger partial charge in [-0.15, -0.1) is 0 Å². The normalized spacial score (nSPS) is 20.4. The largest absolute Gasteiger partial charge is 0.421 e. The Labute approximate surface area is 110 Å². The van der Waals surface area contributed by atoms with Crippen LogP contribution in [0.1, 0.15) is 6.42 Å². The molecule has 1 N–H and O–H groups in total. The van der Waals surface area contributed by atoms with Gasteiger partial charge in [0, 0.05) is 32.4 Å². The van der Waals surface area contributed by atoms with Gasteiger partial charge < -0.3 is 14.4 Å². The van der Waals surface area contributed by atoms with E-state index in [0.29, 0.717) is 23.7 Å². The molecule has 0 amide bonds. The van der Waals surface area contributed by atoms with Crippen molar-refractivity contribution in [3.05, 3.63) is 28.9 Å². The van der Waals surface area contributed by atoms with Crippen molar-refractivity contribution < 1.29 is 9.52 Å². The number of likely N-dealkylation sites (tertiary alicyclic amines) is 1. The van der Waals surface area contributed by atoms with E-state index >= 15 is 0 Å². The molecule has 102 valence electrons. The van der Waals surface area contributed by atoms with Crippen molar-refractivity contribution in [3.63, 3.8) is 0 Å². The molecule has 1 atom stereocenters. The molecule has 1 aliphatic heterocycles. The predicted octanol–water partition coefficient (Wildman–Crippen LogP) is 0.304. The van der Waals surface area contributed by atoms with Gasteiger partial charge in [-0.3, -0.25) is 4.57 Å². The number of nitrogens with zero attached hydrogens (tertiary/aromatic N) is 3. The molecule has 3 heterocycles. The second kappa shape index (κ2) is 5.14. The fraction of sp³-hybridized carbons (Fsp3) is 0.538. The molecule has 6 nitrogen and oxygen atoms in total. The lowest BCUT2D eigenvalue weighted by molar-refractivity contribution is 0.220. The molecule has 6 heteroatoms. The van der Waals surface area contributed by atoms with E-state index in [-0.39, 0.29) is 12.4 Å². The van der Waals surface area contributed by atoms with Gasteiger partial charge in [-0.2, -0.15) is 0 Å². The van der Waals surface area contributed by atoms with E-state index in [1.54, 1.807) is 22.9 Å². The van der Waals surface area contributed by atoms with Gasteiger partial charge in [0.05, 0.1) is 0 Å². The molecule has 19 heavy (non-hydrogen) atoms. The molecule has 0 radical (unpaired) electrons. The Morgan fingerprint density at radius 1 is 1.47 bits per heavy atom. The first-order valence-corrected chi connectivity index (χ1v) is 6.55. The summed E-state index contributed by atoms with van der Waals surface area (Å²) in [5.74, 6) is 0.0162. The first-order valence-electron chi connectivity index (χ1n) is 6.55. The summed E-state index contributed by atoms with van der Waals surface area (Å²) >= 11 is 0. The van der Waals surface area contributed by atoms with E-state index in [2.05, 4.69) is 9.88 Å². The van der Waals surface area contributed by atoms with Crippen LogP contribution in [0.3, 0.4) is 0 Å². The van der Waals surface area contributed by atoms with E-state index in [1.165, 1.54) is 0 Å². The van der Waals surface area contributed by atoms with Gasteiger partial charge in [0.1, 0.15) is 0 Å². The smallest absolute Gasteiger partial charge is 0.406 e. The van der Waals surface area contributed by atoms with E-state index in [0.717, 1.165) is 26.1 Å². The minimum Gasteiger partial charge on any atom is -0.406 e. The Morgan fingerprint density at radius 3 is 3.16 bits per heavy atom. The van der Waals surface area contributed by atoms with Crippen molar-refractivity contribution in [1.82, 2.24) is 14.5 Å². The number of hydrogen-bond donors (Lipinski definition) is 1. The number of aromatic nitrogens is 2. The van der Waals surface area contributed by atoms with Crippen LogP contribution in [0, 0.1) is 5.92 Å². The third kappa shape index (κ3) is 2.41. The zero-order chi connectivity index (χ0) is 13.2. The summed E-state index contributed by atoms with van der Waals surface area (Å²) in [6, 6.07) is 3.50. The van der Waals surface area contributed by atoms with Gasteiger partial charge in [-0.05, 0) is 31.0 Å². The fourth-order valence-corrected chi connectivity index (χ4v) is 2.60. The molecule has 0 spiro atoms. The van der Waals surface area contributed by atoms with Gasteiger partial charge in [0.15, 0.2) is 11.2 Å². The highest BCUT2D eigenvalue weighted by atomic mass is 16.4. The standard InChI is InChI=1S/C13H17N3O3/c17-9-10-3-5-15(8-10)6-7-16-12-11(19-13(16)18)2-1-4-14-12/h1-2,4,10,17H,3,5-9H2. The number of pyridine rings is 1. The second-order valence-corrected chi connectivity index (χ2v) is 4.98. The van der Waals surface area contributed by atoms with Gasteiger partial charge in [0.25, 0.3) is 0 Å². The van der Waals surface area contributed by atoms with Gasteiger partial charge in [0.2, 0.25) is 0 Å². The summed E-state index contributed by atoms with van der Waals surface area (Å²) in [6.07, 6.45) is 2.68. The van der Waals surface area contributed by atoms with Crippen molar-refractivity contribution in [2.24, 2.45) is 5.92 Å². The molecule has 1 unspecified atom stereocenters. The Kier molecular flexibility index (Phi) is 3.35. The minimum absolute atomic E-state index is 0.243. The zero-order valence-corrected chi connectivity index (χ0v) is 10.7. The van der Waals surface area contributed by atoms with Gasteiger partial charge in [-0.25, -0.2) is 9.78 Å². The Balaban J connectivity index is 1.72. The lowest BCUT2D eigenvalue weighted by atomic mass is 10.1. The van der Waals surface area contributed by atoms with Crippen LogP contribution < -0.4 is 5.76 Å². The molecule has 1 aliphatic rings. The minimum atomic E-state index is -0.355. The number of rotatable bonds is 4. The summed E-state index contributed by atoms with van der Waals surface area (Å²) < 4.78 is 6.71. The predicted molar refractivity (Wildman–Crippen MR) is 69.9 cm³/mol. The summed E-state index contributed by atoms with van der Waals surface area (Å²) in [5.41, 5.74) is 1.13. The molecular weight excluding hydrogens is 246 g/mol. The zero-order valence-electron chi connectivity index (χ0n) is 10.7. The fourth-order valence-electron chi connectivity index (χ4n) is 2.60. The molecule has 0 aromatic carbocycles. The maximum Gasteiger partial charge on any atom is 0.421 e. The quantitative estimate of drug-likeness (QED) is 0.859. The van der Waals surface area contributed by atoms with E-state index in [9.17, 15) is 4.79 Å². The molecule has 3 rings (SSSR count). The van der Waals surface area contributed by atoms with Crippen LogP contribution in [0.5, 0.6) is 0 Å². The monoisotopic (exact) mass is 263 g/mol. The van der Waals surface area contributed by atoms with Crippen LogP contribution in [0.25, 0.3) is 11.2 Å². The van der Waals surface area contributed by atoms with E-state index in [1.807, 2.05) is 0 Å². The number of hydrogen-bond acceptors (Lipinski definition) is 5. The van der Waals surface area contributed by atoms with Crippen LogP contribution in [0.2, 0.25) is 0 Å². The lowest BCUT2D eigenvalue weighted by Crippen LogP contribution is -2.28. The number of fused-ring (bicyclic) bond motifs is 1. The highest BCUT2D eigenvalue weighted by molar-refractivity contribution is 5.67. The van der Waals surface area contributed by atoms with Crippen LogP contribution in [-0.2, 0) is 6.54 Å². The average Bonchev–Trinajstić information content (AvgIpc) is 3.00. The Hall–Kier alpha value is -1.66. The summed E-state index contributed by atoms with van der Waals surface area (Å²) in [7, 11) is 0. The van der Waals surface area contributed by atoms with Crippen LogP contribution in [0.15, 0.2) is 27.5 Å². The SMILES string of the molecule is O=c1oc2cccnc2n1CCN1CCC(CO)C1. The van der Waals surface area contributed by atoms with Crippen LogP contribution >= 0.6 is 0 Å². The molecule has 0 bridgehead atoms. The highest BCUT2D eigenvalue weighted by Crippen LogP contribution is 2.15. The van der Waals surface area contributed by atoms with Crippen molar-refractivity contribution in [1.29, 1.82) is 0 Å². The molecule has 2 aromatic rings. The molecule has 0 saturated carbocycles.